The van der Waals surface area contributed by atoms with Gasteiger partial charge < -0.3 is 5.32 Å². The molecule has 0 amide bonds. The zero-order valence-electron chi connectivity index (χ0n) is 11.9. The molecule has 0 bridgehead atoms. The molecular formula is C17H18Cl2FN. The lowest BCUT2D eigenvalue weighted by Crippen LogP contribution is -2.33. The van der Waals surface area contributed by atoms with Crippen LogP contribution in [0.1, 0.15) is 18.1 Å². The average Bonchev–Trinajstić information content (AvgIpc) is 2.45. The second kappa shape index (κ2) is 7.79. The lowest BCUT2D eigenvalue weighted by molar-refractivity contribution is 0.506. The highest BCUT2D eigenvalue weighted by Crippen LogP contribution is 2.23. The number of nitrogens with one attached hydrogen (secondary N) is 1. The molecule has 21 heavy (non-hydrogen) atoms. The largest absolute Gasteiger partial charge is 0.314 e. The van der Waals surface area contributed by atoms with Gasteiger partial charge in [-0.15, -0.1) is 0 Å². The maximum atomic E-state index is 13.9. The summed E-state index contributed by atoms with van der Waals surface area (Å²) in [6.07, 6.45) is 1.27. The first kappa shape index (κ1) is 16.3. The number of likely N-dealkylation sites (N-methyl/N-ethyl adjacent to an activating group) is 1. The molecule has 0 spiro atoms. The van der Waals surface area contributed by atoms with Crippen molar-refractivity contribution >= 4 is 23.2 Å². The fourth-order valence-corrected chi connectivity index (χ4v) is 2.86. The van der Waals surface area contributed by atoms with E-state index in [9.17, 15) is 4.39 Å². The molecule has 1 atom stereocenters. The van der Waals surface area contributed by atoms with Crippen LogP contribution >= 0.6 is 23.2 Å². The third-order valence-electron chi connectivity index (χ3n) is 3.43. The minimum absolute atomic E-state index is 0.0873. The Kier molecular flexibility index (Phi) is 6.04. The first-order valence-electron chi connectivity index (χ1n) is 7.01. The molecule has 0 aromatic heterocycles. The van der Waals surface area contributed by atoms with Crippen LogP contribution in [0.5, 0.6) is 0 Å². The molecule has 0 saturated carbocycles. The van der Waals surface area contributed by atoms with Gasteiger partial charge in [-0.25, -0.2) is 4.39 Å². The Morgan fingerprint density at radius 3 is 2.38 bits per heavy atom. The van der Waals surface area contributed by atoms with E-state index in [4.69, 9.17) is 23.2 Å². The van der Waals surface area contributed by atoms with Crippen molar-refractivity contribution in [3.63, 3.8) is 0 Å². The minimum atomic E-state index is -0.260. The third kappa shape index (κ3) is 4.44. The summed E-state index contributed by atoms with van der Waals surface area (Å²) in [5.74, 6) is -0.260. The van der Waals surface area contributed by atoms with Crippen molar-refractivity contribution in [2.75, 3.05) is 6.54 Å². The normalized spacial score (nSPS) is 12.4. The summed E-state index contributed by atoms with van der Waals surface area (Å²) in [6, 6.07) is 12.6. The van der Waals surface area contributed by atoms with E-state index in [2.05, 4.69) is 5.32 Å². The summed E-state index contributed by atoms with van der Waals surface area (Å²) >= 11 is 12.3. The first-order valence-corrected chi connectivity index (χ1v) is 7.77. The predicted octanol–water partition coefficient (Wildman–Crippen LogP) is 4.90. The summed E-state index contributed by atoms with van der Waals surface area (Å²) in [4.78, 5) is 0. The van der Waals surface area contributed by atoms with Gasteiger partial charge in [0.05, 0.1) is 0 Å². The Labute approximate surface area is 135 Å². The second-order valence-corrected chi connectivity index (χ2v) is 5.77. The fraction of sp³-hybridized carbons (Fsp3) is 0.294. The molecule has 2 aromatic carbocycles. The molecule has 0 aliphatic heterocycles. The zero-order chi connectivity index (χ0) is 15.2. The fourth-order valence-electron chi connectivity index (χ4n) is 2.41. The number of hydrogen-bond acceptors (Lipinski definition) is 1. The third-order valence-corrected chi connectivity index (χ3v) is 4.15. The van der Waals surface area contributed by atoms with Gasteiger partial charge in [-0.05, 0) is 43.1 Å². The van der Waals surface area contributed by atoms with Gasteiger partial charge in [-0.3, -0.25) is 0 Å². The highest BCUT2D eigenvalue weighted by atomic mass is 35.5. The molecular weight excluding hydrogens is 308 g/mol. The lowest BCUT2D eigenvalue weighted by atomic mass is 9.98. The maximum absolute atomic E-state index is 13.9. The second-order valence-electron chi connectivity index (χ2n) is 4.95. The van der Waals surface area contributed by atoms with Gasteiger partial charge in [-0.2, -0.15) is 0 Å². The van der Waals surface area contributed by atoms with E-state index in [0.717, 1.165) is 23.6 Å². The molecule has 4 heteroatoms. The average molecular weight is 326 g/mol. The van der Waals surface area contributed by atoms with Crippen LogP contribution in [-0.4, -0.2) is 12.6 Å². The Hall–Kier alpha value is -1.09. The van der Waals surface area contributed by atoms with Gasteiger partial charge in [0.1, 0.15) is 5.82 Å². The van der Waals surface area contributed by atoms with Crippen molar-refractivity contribution in [3.05, 3.63) is 69.5 Å². The van der Waals surface area contributed by atoms with Crippen LogP contribution in [0.3, 0.4) is 0 Å². The van der Waals surface area contributed by atoms with E-state index >= 15 is 0 Å². The van der Waals surface area contributed by atoms with E-state index in [1.54, 1.807) is 12.1 Å². The monoisotopic (exact) mass is 325 g/mol. The molecule has 1 unspecified atom stereocenters. The van der Waals surface area contributed by atoms with Gasteiger partial charge in [0, 0.05) is 21.7 Å². The quantitative estimate of drug-likeness (QED) is 0.796. The van der Waals surface area contributed by atoms with Gasteiger partial charge in [-0.1, -0.05) is 54.4 Å². The van der Waals surface area contributed by atoms with E-state index < -0.39 is 0 Å². The topological polar surface area (TPSA) is 12.0 Å². The Morgan fingerprint density at radius 2 is 1.71 bits per heavy atom. The summed E-state index contributed by atoms with van der Waals surface area (Å²) < 4.78 is 13.9. The summed E-state index contributed by atoms with van der Waals surface area (Å²) in [5, 5.41) is 4.58. The summed E-state index contributed by atoms with van der Waals surface area (Å²) in [7, 11) is 0. The maximum Gasteiger partial charge on any atom is 0.127 e. The van der Waals surface area contributed by atoms with Crippen LogP contribution in [0.2, 0.25) is 10.0 Å². The zero-order valence-corrected chi connectivity index (χ0v) is 13.4. The van der Waals surface area contributed by atoms with E-state index in [0.29, 0.717) is 17.0 Å². The molecule has 0 aliphatic rings. The highest BCUT2D eigenvalue weighted by molar-refractivity contribution is 6.31. The van der Waals surface area contributed by atoms with Crippen molar-refractivity contribution in [1.29, 1.82) is 0 Å². The Balaban J connectivity index is 2.18. The standard InChI is InChI=1S/C17H18Cl2FN/c1-2-21-13(10-12-6-3-4-7-15(12)18)11-14-16(19)8-5-9-17(14)20/h3-9,13,21H,2,10-11H2,1H3. The molecule has 0 saturated heterocycles. The van der Waals surface area contributed by atoms with E-state index in [1.807, 2.05) is 31.2 Å². The Bertz CT molecular complexity index is 581. The van der Waals surface area contributed by atoms with Crippen molar-refractivity contribution in [2.45, 2.75) is 25.8 Å². The lowest BCUT2D eigenvalue weighted by Gasteiger charge is -2.19. The number of rotatable bonds is 6. The Morgan fingerprint density at radius 1 is 1.00 bits per heavy atom. The van der Waals surface area contributed by atoms with Crippen LogP contribution in [0, 0.1) is 5.82 Å². The molecule has 1 N–H and O–H groups in total. The molecule has 112 valence electrons. The first-order chi connectivity index (χ1) is 10.1. The predicted molar refractivity (Wildman–Crippen MR) is 87.7 cm³/mol. The van der Waals surface area contributed by atoms with Crippen molar-refractivity contribution in [3.8, 4) is 0 Å². The van der Waals surface area contributed by atoms with Crippen LogP contribution in [0.25, 0.3) is 0 Å². The molecule has 2 rings (SSSR count). The number of halogens is 3. The van der Waals surface area contributed by atoms with Gasteiger partial charge in [0.15, 0.2) is 0 Å². The van der Waals surface area contributed by atoms with Gasteiger partial charge >= 0.3 is 0 Å². The molecule has 0 fully saturated rings. The van der Waals surface area contributed by atoms with Crippen molar-refractivity contribution < 1.29 is 4.39 Å². The SMILES string of the molecule is CCNC(Cc1ccccc1Cl)Cc1c(F)cccc1Cl. The number of hydrogen-bond donors (Lipinski definition) is 1. The van der Waals surface area contributed by atoms with Gasteiger partial charge in [0.2, 0.25) is 0 Å². The van der Waals surface area contributed by atoms with E-state index in [1.165, 1.54) is 6.07 Å². The molecule has 0 heterocycles. The smallest absolute Gasteiger partial charge is 0.127 e. The van der Waals surface area contributed by atoms with Crippen molar-refractivity contribution in [1.82, 2.24) is 5.32 Å². The summed E-state index contributed by atoms with van der Waals surface area (Å²) in [5.41, 5.74) is 1.61. The van der Waals surface area contributed by atoms with Crippen LogP contribution in [0.15, 0.2) is 42.5 Å². The highest BCUT2D eigenvalue weighted by Gasteiger charge is 2.15. The molecule has 1 nitrogen and oxygen atoms in total. The van der Waals surface area contributed by atoms with Gasteiger partial charge in [0.25, 0.3) is 0 Å². The molecule has 0 radical (unpaired) electrons. The minimum Gasteiger partial charge on any atom is -0.314 e. The summed E-state index contributed by atoms with van der Waals surface area (Å²) in [6.45, 7) is 2.84. The van der Waals surface area contributed by atoms with Crippen molar-refractivity contribution in [2.24, 2.45) is 0 Å². The van der Waals surface area contributed by atoms with Crippen LogP contribution < -0.4 is 5.32 Å². The molecule has 0 aliphatic carbocycles. The van der Waals surface area contributed by atoms with Crippen LogP contribution in [0.4, 0.5) is 4.39 Å². The van der Waals surface area contributed by atoms with Crippen LogP contribution in [-0.2, 0) is 12.8 Å². The molecule has 2 aromatic rings. The number of benzene rings is 2. The van der Waals surface area contributed by atoms with E-state index in [-0.39, 0.29) is 11.9 Å².